The van der Waals surface area contributed by atoms with Crippen molar-refractivity contribution in [1.29, 1.82) is 0 Å². The van der Waals surface area contributed by atoms with Gasteiger partial charge in [0, 0.05) is 18.5 Å². The highest BCUT2D eigenvalue weighted by molar-refractivity contribution is 7.98. The van der Waals surface area contributed by atoms with Crippen LogP contribution >= 0.6 is 11.8 Å². The van der Waals surface area contributed by atoms with E-state index in [4.69, 9.17) is 0 Å². The summed E-state index contributed by atoms with van der Waals surface area (Å²) in [5.74, 6) is 1.85. The smallest absolute Gasteiger partial charge is 0.138 e. The molecule has 102 valence electrons. The van der Waals surface area contributed by atoms with E-state index in [9.17, 15) is 0 Å². The number of hydrogen-bond acceptors (Lipinski definition) is 4. The number of nitrogens with zero attached hydrogens (tertiary/aromatic N) is 3. The molecule has 0 bridgehead atoms. The molecule has 0 amide bonds. The van der Waals surface area contributed by atoms with Gasteiger partial charge in [-0.25, -0.2) is 4.98 Å². The van der Waals surface area contributed by atoms with E-state index in [1.807, 2.05) is 11.7 Å². The molecule has 19 heavy (non-hydrogen) atoms. The molecule has 0 atom stereocenters. The Morgan fingerprint density at radius 3 is 2.68 bits per heavy atom. The third-order valence-electron chi connectivity index (χ3n) is 2.85. The molecule has 0 saturated carbocycles. The fraction of sp³-hybridized carbons (Fsp3) is 0.429. The molecule has 2 rings (SSSR count). The molecule has 2 aromatic rings. The molecule has 0 aliphatic rings. The number of nitrogens with one attached hydrogen (secondary N) is 1. The number of thioether (sulfide) groups is 1. The van der Waals surface area contributed by atoms with Crippen LogP contribution in [0.1, 0.15) is 24.7 Å². The maximum Gasteiger partial charge on any atom is 0.138 e. The first-order chi connectivity index (χ1) is 9.29. The van der Waals surface area contributed by atoms with Gasteiger partial charge in [0.15, 0.2) is 0 Å². The second-order valence-corrected chi connectivity index (χ2v) is 5.46. The normalized spacial score (nSPS) is 10.8. The third kappa shape index (κ3) is 4.36. The zero-order valence-electron chi connectivity index (χ0n) is 11.5. The van der Waals surface area contributed by atoms with Crippen molar-refractivity contribution in [3.8, 4) is 0 Å². The number of aromatic nitrogens is 3. The van der Waals surface area contributed by atoms with Gasteiger partial charge in [-0.05, 0) is 30.7 Å². The van der Waals surface area contributed by atoms with Crippen molar-refractivity contribution < 1.29 is 0 Å². The summed E-state index contributed by atoms with van der Waals surface area (Å²) in [5, 5.41) is 7.47. The molecule has 0 saturated heterocycles. The lowest BCUT2D eigenvalue weighted by Crippen LogP contribution is -2.13. The van der Waals surface area contributed by atoms with Crippen molar-refractivity contribution >= 4 is 11.8 Å². The van der Waals surface area contributed by atoms with Gasteiger partial charge in [0.2, 0.25) is 0 Å². The van der Waals surface area contributed by atoms with Crippen LogP contribution in [0.25, 0.3) is 0 Å². The van der Waals surface area contributed by atoms with Gasteiger partial charge in [-0.2, -0.15) is 5.10 Å². The molecule has 0 aliphatic heterocycles. The van der Waals surface area contributed by atoms with Gasteiger partial charge in [-0.1, -0.05) is 19.1 Å². The second kappa shape index (κ2) is 7.31. The molecule has 4 nitrogen and oxygen atoms in total. The quantitative estimate of drug-likeness (QED) is 0.623. The fourth-order valence-electron chi connectivity index (χ4n) is 1.71. The van der Waals surface area contributed by atoms with Crippen LogP contribution < -0.4 is 5.32 Å². The van der Waals surface area contributed by atoms with Gasteiger partial charge in [-0.3, -0.25) is 4.68 Å². The van der Waals surface area contributed by atoms with Crippen LogP contribution in [0.5, 0.6) is 0 Å². The summed E-state index contributed by atoms with van der Waals surface area (Å²) < 4.78 is 1.82. The fourth-order valence-corrected chi connectivity index (χ4v) is 2.60. The van der Waals surface area contributed by atoms with Crippen LogP contribution in [-0.4, -0.2) is 21.3 Å². The first-order valence-electron chi connectivity index (χ1n) is 6.55. The molecule has 0 spiro atoms. The highest BCUT2D eigenvalue weighted by Gasteiger charge is 2.02. The number of benzene rings is 1. The number of rotatable bonds is 7. The Kier molecular flexibility index (Phi) is 5.42. The highest BCUT2D eigenvalue weighted by atomic mass is 32.2. The molecule has 1 aromatic carbocycles. The maximum absolute atomic E-state index is 4.22. The molecule has 0 radical (unpaired) electrons. The minimum Gasteiger partial charge on any atom is -0.313 e. The maximum atomic E-state index is 4.22. The van der Waals surface area contributed by atoms with Gasteiger partial charge in [0.05, 0.1) is 5.75 Å². The topological polar surface area (TPSA) is 42.7 Å². The first kappa shape index (κ1) is 14.1. The Morgan fingerprint density at radius 1 is 1.26 bits per heavy atom. The molecular formula is C14H20N4S. The summed E-state index contributed by atoms with van der Waals surface area (Å²) in [6, 6.07) is 8.71. The van der Waals surface area contributed by atoms with E-state index in [-0.39, 0.29) is 0 Å². The van der Waals surface area contributed by atoms with Crippen LogP contribution in [0, 0.1) is 0 Å². The predicted molar refractivity (Wildman–Crippen MR) is 79.0 cm³/mol. The Morgan fingerprint density at radius 2 is 2.05 bits per heavy atom. The Bertz CT molecular complexity index is 492. The Labute approximate surface area is 118 Å². The van der Waals surface area contributed by atoms with Crippen LogP contribution in [0.4, 0.5) is 0 Å². The highest BCUT2D eigenvalue weighted by Crippen LogP contribution is 2.21. The van der Waals surface area contributed by atoms with Crippen molar-refractivity contribution in [3.63, 3.8) is 0 Å². The molecule has 0 fully saturated rings. The average molecular weight is 276 g/mol. The Hall–Kier alpha value is -1.33. The van der Waals surface area contributed by atoms with Crippen molar-refractivity contribution in [2.24, 2.45) is 7.05 Å². The van der Waals surface area contributed by atoms with E-state index >= 15 is 0 Å². The molecule has 5 heteroatoms. The minimum absolute atomic E-state index is 0.851. The van der Waals surface area contributed by atoms with Crippen LogP contribution in [0.15, 0.2) is 35.5 Å². The third-order valence-corrected chi connectivity index (χ3v) is 3.86. The monoisotopic (exact) mass is 276 g/mol. The number of aryl methyl sites for hydroxylation is 1. The van der Waals surface area contributed by atoms with Gasteiger partial charge < -0.3 is 5.32 Å². The summed E-state index contributed by atoms with van der Waals surface area (Å²) >= 11 is 1.79. The van der Waals surface area contributed by atoms with E-state index in [1.54, 1.807) is 18.1 Å². The van der Waals surface area contributed by atoms with E-state index in [0.717, 1.165) is 24.7 Å². The van der Waals surface area contributed by atoms with Crippen molar-refractivity contribution in [3.05, 3.63) is 42.0 Å². The summed E-state index contributed by atoms with van der Waals surface area (Å²) in [6.45, 7) is 4.20. The van der Waals surface area contributed by atoms with Gasteiger partial charge in [-0.15, -0.1) is 11.8 Å². The lowest BCUT2D eigenvalue weighted by atomic mass is 10.2. The van der Waals surface area contributed by atoms with Gasteiger partial charge >= 0.3 is 0 Å². The lowest BCUT2D eigenvalue weighted by Gasteiger charge is -2.05. The zero-order chi connectivity index (χ0) is 13.5. The van der Waals surface area contributed by atoms with Crippen LogP contribution in [0.2, 0.25) is 0 Å². The lowest BCUT2D eigenvalue weighted by molar-refractivity contribution is 0.675. The number of hydrogen-bond donors (Lipinski definition) is 1. The molecule has 1 N–H and O–H groups in total. The van der Waals surface area contributed by atoms with Gasteiger partial charge in [0.1, 0.15) is 12.2 Å². The van der Waals surface area contributed by atoms with E-state index in [1.165, 1.54) is 16.9 Å². The summed E-state index contributed by atoms with van der Waals surface area (Å²) in [4.78, 5) is 5.49. The molecule has 0 unspecified atom stereocenters. The summed E-state index contributed by atoms with van der Waals surface area (Å²) in [7, 11) is 1.92. The minimum atomic E-state index is 0.851. The molecule has 1 aromatic heterocycles. The van der Waals surface area contributed by atoms with Crippen molar-refractivity contribution in [2.75, 3.05) is 6.54 Å². The van der Waals surface area contributed by atoms with E-state index < -0.39 is 0 Å². The van der Waals surface area contributed by atoms with Crippen molar-refractivity contribution in [1.82, 2.24) is 20.1 Å². The van der Waals surface area contributed by atoms with Gasteiger partial charge in [0.25, 0.3) is 0 Å². The first-order valence-corrected chi connectivity index (χ1v) is 7.53. The van der Waals surface area contributed by atoms with Crippen LogP contribution in [0.3, 0.4) is 0 Å². The van der Waals surface area contributed by atoms with E-state index in [0.29, 0.717) is 0 Å². The molecular weight excluding hydrogens is 256 g/mol. The zero-order valence-corrected chi connectivity index (χ0v) is 12.3. The summed E-state index contributed by atoms with van der Waals surface area (Å²) in [5.41, 5.74) is 1.33. The standard InChI is InChI=1S/C14H20N4S/c1-3-8-15-9-12-4-6-13(7-5-12)19-10-14-16-11-17-18(14)2/h4-7,11,15H,3,8-10H2,1-2H3. The predicted octanol–water partition coefficient (Wildman–Crippen LogP) is 2.61. The summed E-state index contributed by atoms with van der Waals surface area (Å²) in [6.07, 6.45) is 2.77. The average Bonchev–Trinajstić information content (AvgIpc) is 2.84. The largest absolute Gasteiger partial charge is 0.313 e. The molecule has 1 heterocycles. The molecule has 0 aliphatic carbocycles. The second-order valence-electron chi connectivity index (χ2n) is 4.41. The van der Waals surface area contributed by atoms with Crippen LogP contribution in [-0.2, 0) is 19.3 Å². The Balaban J connectivity index is 1.83. The van der Waals surface area contributed by atoms with E-state index in [2.05, 4.69) is 46.6 Å². The SMILES string of the molecule is CCCNCc1ccc(SCc2ncnn2C)cc1. The van der Waals surface area contributed by atoms with Crippen molar-refractivity contribution in [2.45, 2.75) is 30.5 Å².